The Morgan fingerprint density at radius 1 is 1.07 bits per heavy atom. The third kappa shape index (κ3) is 4.73. The van der Waals surface area contributed by atoms with Crippen LogP contribution in [0.2, 0.25) is 0 Å². The summed E-state index contributed by atoms with van der Waals surface area (Å²) in [6, 6.07) is 16.5. The molecular weight excluding hydrogens is 265 g/mol. The van der Waals surface area contributed by atoms with Crippen molar-refractivity contribution in [1.29, 1.82) is 0 Å². The van der Waals surface area contributed by atoms with Gasteiger partial charge in [-0.05, 0) is 0 Å². The maximum absolute atomic E-state index is 10.1. The maximum atomic E-state index is 10.1. The summed E-state index contributed by atoms with van der Waals surface area (Å²) in [7, 11) is 0. The van der Waals surface area contributed by atoms with Crippen LogP contribution in [-0.4, -0.2) is 11.1 Å². The van der Waals surface area contributed by atoms with E-state index in [0.717, 1.165) is 0 Å². The maximum Gasteiger partial charge on any atom is 2.00 e. The first-order chi connectivity index (χ1) is 6.30. The second-order valence-corrected chi connectivity index (χ2v) is 2.44. The second-order valence-electron chi connectivity index (χ2n) is 2.44. The Labute approximate surface area is 95.7 Å². The van der Waals surface area contributed by atoms with Gasteiger partial charge in [-0.3, -0.25) is 4.79 Å². The summed E-state index contributed by atoms with van der Waals surface area (Å²) in [5.41, 5.74) is 0.352. The summed E-state index contributed by atoms with van der Waals surface area (Å²) in [5, 5.41) is 8.27. The fourth-order valence-electron chi connectivity index (χ4n) is 0.837. The number of aromatic carboxylic acids is 1. The van der Waals surface area contributed by atoms with E-state index >= 15 is 0 Å². The quantitative estimate of drug-likeness (QED) is 0.641. The van der Waals surface area contributed by atoms with Crippen molar-refractivity contribution < 1.29 is 29.4 Å². The van der Waals surface area contributed by atoms with Crippen LogP contribution < -0.4 is 0 Å². The van der Waals surface area contributed by atoms with Gasteiger partial charge in [-0.1, -0.05) is 5.56 Å². The molecule has 0 spiro atoms. The number of carboxylic acid groups (broad SMARTS) is 1. The Balaban J connectivity index is 0.000000246. The molecule has 2 rings (SSSR count). The van der Waals surface area contributed by atoms with E-state index in [1.807, 2.05) is 30.3 Å². The third-order valence-corrected chi connectivity index (χ3v) is 1.47. The number of rotatable bonds is 1. The van der Waals surface area contributed by atoms with Crippen LogP contribution in [0.4, 0.5) is 0 Å². The van der Waals surface area contributed by atoms with Crippen LogP contribution in [0.25, 0.3) is 0 Å². The summed E-state index contributed by atoms with van der Waals surface area (Å²) in [6.45, 7) is 0. The van der Waals surface area contributed by atoms with Crippen molar-refractivity contribution in [2.75, 3.05) is 0 Å². The molecule has 2 nitrogen and oxygen atoms in total. The van der Waals surface area contributed by atoms with Crippen LogP contribution in [-0.2, 0) is 19.5 Å². The molecule has 0 atom stereocenters. The Morgan fingerprint density at radius 3 is 1.79 bits per heavy atom. The molecule has 14 heavy (non-hydrogen) atoms. The van der Waals surface area contributed by atoms with Crippen LogP contribution in [0.3, 0.4) is 0 Å². The molecule has 0 unspecified atom stereocenters. The van der Waals surface area contributed by atoms with Gasteiger partial charge in [0, 0.05) is 0 Å². The summed E-state index contributed by atoms with van der Waals surface area (Å²) >= 11 is 0. The first kappa shape index (κ1) is 12.8. The minimum absolute atomic E-state index is 0. The van der Waals surface area contributed by atoms with Crippen molar-refractivity contribution in [1.82, 2.24) is 0 Å². The molecule has 0 aromatic heterocycles. The average Bonchev–Trinajstić information content (AvgIpc) is 2.82. The molecule has 0 fully saturated rings. The molecule has 0 bridgehead atoms. The van der Waals surface area contributed by atoms with Gasteiger partial charge in [0.05, 0.1) is 0 Å². The monoisotopic (exact) mass is 276 g/mol. The first-order valence-corrected chi connectivity index (χ1v) is 3.92. The van der Waals surface area contributed by atoms with Crippen molar-refractivity contribution in [2.24, 2.45) is 0 Å². The SMILES string of the molecule is O=C(O)[c-]1cccc1.[Ru+2].c1cc[cH-]c1. The van der Waals surface area contributed by atoms with Gasteiger partial charge in [-0.2, -0.15) is 30.3 Å². The number of carboxylic acids is 1. The fraction of sp³-hybridized carbons (Fsp3) is 0. The number of hydrogen-bond acceptors (Lipinski definition) is 1. The summed E-state index contributed by atoms with van der Waals surface area (Å²) in [4.78, 5) is 10.1. The normalized spacial score (nSPS) is 8.00. The molecular formula is C11H10O2Ru. The van der Waals surface area contributed by atoms with Crippen molar-refractivity contribution >= 4 is 5.97 Å². The zero-order valence-electron chi connectivity index (χ0n) is 7.41. The molecule has 0 saturated carbocycles. The first-order valence-electron chi connectivity index (χ1n) is 3.92. The molecule has 0 aliphatic rings. The molecule has 1 N–H and O–H groups in total. The van der Waals surface area contributed by atoms with E-state index in [1.165, 1.54) is 0 Å². The topological polar surface area (TPSA) is 37.3 Å². The average molecular weight is 275 g/mol. The molecule has 2 aromatic rings. The predicted octanol–water partition coefficient (Wildman–Crippen LogP) is 2.51. The Kier molecular flexibility index (Phi) is 6.60. The minimum atomic E-state index is -0.866. The van der Waals surface area contributed by atoms with E-state index in [1.54, 1.807) is 24.3 Å². The van der Waals surface area contributed by atoms with E-state index in [4.69, 9.17) is 5.11 Å². The molecule has 2 aromatic carbocycles. The minimum Gasteiger partial charge on any atom is -0.487 e. The van der Waals surface area contributed by atoms with E-state index in [-0.39, 0.29) is 19.5 Å². The van der Waals surface area contributed by atoms with Crippen LogP contribution in [0.5, 0.6) is 0 Å². The van der Waals surface area contributed by atoms with Gasteiger partial charge < -0.3 is 5.11 Å². The van der Waals surface area contributed by atoms with E-state index < -0.39 is 5.97 Å². The van der Waals surface area contributed by atoms with Crippen LogP contribution in [0.1, 0.15) is 10.4 Å². The van der Waals surface area contributed by atoms with Crippen molar-refractivity contribution in [3.05, 3.63) is 60.2 Å². The van der Waals surface area contributed by atoms with Crippen molar-refractivity contribution in [3.63, 3.8) is 0 Å². The van der Waals surface area contributed by atoms with Gasteiger partial charge in [0.25, 0.3) is 5.97 Å². The summed E-state index contributed by atoms with van der Waals surface area (Å²) in [5.74, 6) is -0.866. The van der Waals surface area contributed by atoms with Gasteiger partial charge in [-0.25, -0.2) is 24.3 Å². The van der Waals surface area contributed by atoms with Gasteiger partial charge in [-0.15, -0.1) is 0 Å². The summed E-state index contributed by atoms with van der Waals surface area (Å²) in [6.07, 6.45) is 0. The Morgan fingerprint density at radius 2 is 1.57 bits per heavy atom. The number of hydrogen-bond donors (Lipinski definition) is 1. The van der Waals surface area contributed by atoms with Crippen molar-refractivity contribution in [2.45, 2.75) is 0 Å². The van der Waals surface area contributed by atoms with E-state index in [9.17, 15) is 4.79 Å². The summed E-state index contributed by atoms with van der Waals surface area (Å²) < 4.78 is 0. The molecule has 0 heterocycles. The third-order valence-electron chi connectivity index (χ3n) is 1.47. The molecule has 74 valence electrons. The van der Waals surface area contributed by atoms with Crippen LogP contribution in [0.15, 0.2) is 54.6 Å². The molecule has 0 aliphatic carbocycles. The van der Waals surface area contributed by atoms with Gasteiger partial charge in [0.15, 0.2) is 0 Å². The van der Waals surface area contributed by atoms with Crippen molar-refractivity contribution in [3.8, 4) is 0 Å². The largest absolute Gasteiger partial charge is 2.00 e. The van der Waals surface area contributed by atoms with E-state index in [0.29, 0.717) is 5.56 Å². The standard InChI is InChI=1S/C6H5O2.C5H5.Ru/c7-6(8)5-3-1-2-4-5;1-2-4-5-3-1;/h1-4H,(H,7,8);1-5H;/q2*-1;+2. The number of carbonyl (C=O) groups is 1. The van der Waals surface area contributed by atoms with Crippen LogP contribution in [0, 0.1) is 0 Å². The molecule has 0 aliphatic heterocycles. The van der Waals surface area contributed by atoms with E-state index in [2.05, 4.69) is 0 Å². The second kappa shape index (κ2) is 7.22. The Hall–Kier alpha value is -1.21. The van der Waals surface area contributed by atoms with Gasteiger partial charge in [0.1, 0.15) is 0 Å². The van der Waals surface area contributed by atoms with Gasteiger partial charge in [0.2, 0.25) is 0 Å². The Bertz CT molecular complexity index is 305. The molecule has 0 radical (unpaired) electrons. The molecule has 0 saturated heterocycles. The molecule has 3 heteroatoms. The zero-order valence-corrected chi connectivity index (χ0v) is 9.14. The fourth-order valence-corrected chi connectivity index (χ4v) is 0.837. The molecule has 0 amide bonds. The predicted molar refractivity (Wildman–Crippen MR) is 51.0 cm³/mol. The van der Waals surface area contributed by atoms with Gasteiger partial charge >= 0.3 is 19.5 Å². The zero-order chi connectivity index (χ0) is 9.52. The smallest absolute Gasteiger partial charge is 0.487 e. The van der Waals surface area contributed by atoms with Crippen LogP contribution >= 0.6 is 0 Å².